The molecule has 1 aromatic heterocycles. The fourth-order valence-corrected chi connectivity index (χ4v) is 4.11. The van der Waals surface area contributed by atoms with Crippen molar-refractivity contribution in [1.82, 2.24) is 9.88 Å². The smallest absolute Gasteiger partial charge is 0.394 e. The summed E-state index contributed by atoms with van der Waals surface area (Å²) in [5, 5.41) is 21.1. The van der Waals surface area contributed by atoms with E-state index in [1.807, 2.05) is 0 Å². The summed E-state index contributed by atoms with van der Waals surface area (Å²) in [5.41, 5.74) is -0.661. The Bertz CT molecular complexity index is 1000. The molecule has 0 bridgehead atoms. The van der Waals surface area contributed by atoms with E-state index in [4.69, 9.17) is 5.11 Å². The minimum Gasteiger partial charge on any atom is -0.394 e. The Kier molecular flexibility index (Phi) is 7.28. The lowest BCUT2D eigenvalue weighted by molar-refractivity contribution is -0.138. The van der Waals surface area contributed by atoms with Gasteiger partial charge in [-0.05, 0) is 48.7 Å². The van der Waals surface area contributed by atoms with Crippen molar-refractivity contribution in [1.29, 1.82) is 0 Å². The zero-order valence-corrected chi connectivity index (χ0v) is 18.4. The first kappa shape index (κ1) is 24.9. The van der Waals surface area contributed by atoms with Crippen LogP contribution in [0.4, 0.5) is 28.0 Å². The summed E-state index contributed by atoms with van der Waals surface area (Å²) in [7, 11) is 0. The van der Waals surface area contributed by atoms with Crippen molar-refractivity contribution in [3.8, 4) is 0 Å². The number of nitrogens with zero attached hydrogens (tertiary/aromatic N) is 2. The number of pyridine rings is 1. The van der Waals surface area contributed by atoms with E-state index in [1.165, 1.54) is 30.2 Å². The number of hydrogen-bond acceptors (Lipinski definition) is 4. The van der Waals surface area contributed by atoms with E-state index < -0.39 is 29.5 Å². The van der Waals surface area contributed by atoms with Gasteiger partial charge in [0.05, 0.1) is 24.0 Å². The van der Waals surface area contributed by atoms with Gasteiger partial charge < -0.3 is 20.4 Å². The summed E-state index contributed by atoms with van der Waals surface area (Å²) in [6, 6.07) is 4.60. The molecule has 2 heterocycles. The molecule has 0 spiro atoms. The Labute approximate surface area is 189 Å². The number of nitrogens with one attached hydrogen (secondary N) is 1. The van der Waals surface area contributed by atoms with Gasteiger partial charge in [0.1, 0.15) is 0 Å². The monoisotopic (exact) mass is 469 g/mol. The second kappa shape index (κ2) is 9.64. The molecule has 10 heteroatoms. The van der Waals surface area contributed by atoms with Gasteiger partial charge in [0.25, 0.3) is 0 Å². The predicted molar refractivity (Wildman–Crippen MR) is 115 cm³/mol. The Morgan fingerprint density at radius 1 is 1.21 bits per heavy atom. The average molecular weight is 469 g/mol. The van der Waals surface area contributed by atoms with Crippen LogP contribution < -0.4 is 5.32 Å². The molecule has 3 rings (SSSR count). The Morgan fingerprint density at radius 3 is 2.42 bits per heavy atom. The third kappa shape index (κ3) is 5.80. The molecule has 0 aliphatic carbocycles. The summed E-state index contributed by atoms with van der Waals surface area (Å²) >= 11 is 0. The van der Waals surface area contributed by atoms with Crippen molar-refractivity contribution < 1.29 is 32.6 Å². The van der Waals surface area contributed by atoms with Crippen LogP contribution in [-0.2, 0) is 18.3 Å². The molecule has 1 aliphatic rings. The van der Waals surface area contributed by atoms with E-state index in [1.54, 1.807) is 13.0 Å². The number of urea groups is 1. The molecule has 2 amide bonds. The standard InChI is InChI=1S/C23H27F4N3O3/c1-14-10-17(3-4-19(14)23(25,26)27)29-21(33)30-7-5-22(24,6-8-30)20-15(2)9-16(12-28-20)11-18(32)13-31/h3-4,9-10,12,18,31-32H,5-8,11,13H2,1-2H3,(H,29,33)/t18-/m1/s1. The van der Waals surface area contributed by atoms with Gasteiger partial charge in [-0.3, -0.25) is 4.98 Å². The third-order valence-corrected chi connectivity index (χ3v) is 5.87. The van der Waals surface area contributed by atoms with Crippen LogP contribution in [0.2, 0.25) is 0 Å². The van der Waals surface area contributed by atoms with Gasteiger partial charge in [-0.15, -0.1) is 0 Å². The SMILES string of the molecule is Cc1cc(NC(=O)N2CCC(F)(c3ncc(C[C@@H](O)CO)cc3C)CC2)ccc1C(F)(F)F. The van der Waals surface area contributed by atoms with Crippen molar-refractivity contribution in [2.24, 2.45) is 0 Å². The topological polar surface area (TPSA) is 85.7 Å². The Balaban J connectivity index is 1.63. The molecule has 0 saturated carbocycles. The number of halogens is 4. The van der Waals surface area contributed by atoms with Crippen molar-refractivity contribution >= 4 is 11.7 Å². The number of aromatic nitrogens is 1. The van der Waals surface area contributed by atoms with Gasteiger partial charge >= 0.3 is 12.2 Å². The number of likely N-dealkylation sites (tertiary alicyclic amines) is 1. The maximum Gasteiger partial charge on any atom is 0.416 e. The molecular weight excluding hydrogens is 442 g/mol. The van der Waals surface area contributed by atoms with E-state index in [0.717, 1.165) is 6.07 Å². The molecule has 33 heavy (non-hydrogen) atoms. The number of alkyl halides is 4. The fourth-order valence-electron chi connectivity index (χ4n) is 4.11. The number of piperidine rings is 1. The number of aliphatic hydroxyl groups is 2. The van der Waals surface area contributed by atoms with E-state index >= 15 is 4.39 Å². The van der Waals surface area contributed by atoms with Crippen LogP contribution in [0.1, 0.15) is 40.8 Å². The van der Waals surface area contributed by atoms with Crippen LogP contribution in [-0.4, -0.2) is 51.9 Å². The van der Waals surface area contributed by atoms with Crippen LogP contribution >= 0.6 is 0 Å². The lowest BCUT2D eigenvalue weighted by Crippen LogP contribution is -2.45. The molecule has 1 aromatic carbocycles. The Hall–Kier alpha value is -2.72. The highest BCUT2D eigenvalue weighted by atomic mass is 19.4. The van der Waals surface area contributed by atoms with Crippen LogP contribution in [0.15, 0.2) is 30.5 Å². The molecule has 1 fully saturated rings. The molecule has 1 saturated heterocycles. The fraction of sp³-hybridized carbons (Fsp3) is 0.478. The minimum atomic E-state index is -4.47. The zero-order chi connectivity index (χ0) is 24.4. The van der Waals surface area contributed by atoms with E-state index in [9.17, 15) is 23.1 Å². The number of benzene rings is 1. The maximum absolute atomic E-state index is 15.7. The molecule has 2 aromatic rings. The van der Waals surface area contributed by atoms with Gasteiger partial charge in [0.15, 0.2) is 5.67 Å². The third-order valence-electron chi connectivity index (χ3n) is 5.87. The average Bonchev–Trinajstić information content (AvgIpc) is 2.73. The number of carbonyl (C=O) groups excluding carboxylic acids is 1. The van der Waals surface area contributed by atoms with Crippen LogP contribution in [0.5, 0.6) is 0 Å². The van der Waals surface area contributed by atoms with Crippen molar-refractivity contribution in [3.63, 3.8) is 0 Å². The molecule has 3 N–H and O–H groups in total. The second-order valence-electron chi connectivity index (χ2n) is 8.46. The molecule has 1 atom stereocenters. The second-order valence-corrected chi connectivity index (χ2v) is 8.46. The molecule has 1 aliphatic heterocycles. The normalized spacial score (nSPS) is 17.0. The number of anilines is 1. The number of amides is 2. The van der Waals surface area contributed by atoms with Gasteiger partial charge in [0.2, 0.25) is 0 Å². The van der Waals surface area contributed by atoms with Gasteiger partial charge in [0, 0.05) is 44.2 Å². The highest BCUT2D eigenvalue weighted by Crippen LogP contribution is 2.38. The lowest BCUT2D eigenvalue weighted by atomic mass is 9.87. The summed E-state index contributed by atoms with van der Waals surface area (Å²) in [4.78, 5) is 18.2. The summed E-state index contributed by atoms with van der Waals surface area (Å²) in [6.07, 6.45) is -3.63. The molecule has 0 radical (unpaired) electrons. The van der Waals surface area contributed by atoms with Gasteiger partial charge in [-0.1, -0.05) is 6.07 Å². The number of carbonyl (C=O) groups is 1. The number of aryl methyl sites for hydroxylation is 2. The summed E-state index contributed by atoms with van der Waals surface area (Å²) in [5.74, 6) is 0. The van der Waals surface area contributed by atoms with Crippen LogP contribution in [0, 0.1) is 13.8 Å². The predicted octanol–water partition coefficient (Wildman–Crippen LogP) is 4.11. The molecule has 6 nitrogen and oxygen atoms in total. The maximum atomic E-state index is 15.7. The van der Waals surface area contributed by atoms with E-state index in [0.29, 0.717) is 11.1 Å². The largest absolute Gasteiger partial charge is 0.416 e. The Morgan fingerprint density at radius 2 is 1.88 bits per heavy atom. The first-order valence-corrected chi connectivity index (χ1v) is 10.6. The molecular formula is C23H27F4N3O3. The number of aliphatic hydroxyl groups excluding tert-OH is 2. The van der Waals surface area contributed by atoms with Crippen LogP contribution in [0.25, 0.3) is 0 Å². The van der Waals surface area contributed by atoms with Crippen molar-refractivity contribution in [3.05, 3.63) is 58.4 Å². The number of hydrogen-bond donors (Lipinski definition) is 3. The molecule has 0 unspecified atom stereocenters. The van der Waals surface area contributed by atoms with Crippen molar-refractivity contribution in [2.45, 2.75) is 51.1 Å². The molecule has 180 valence electrons. The zero-order valence-electron chi connectivity index (χ0n) is 18.4. The van der Waals surface area contributed by atoms with Crippen molar-refractivity contribution in [2.75, 3.05) is 25.0 Å². The summed E-state index contributed by atoms with van der Waals surface area (Å²) in [6.45, 7) is 2.91. The number of rotatable bonds is 5. The first-order valence-electron chi connectivity index (χ1n) is 10.6. The lowest BCUT2D eigenvalue weighted by Gasteiger charge is -2.36. The minimum absolute atomic E-state index is 0.00165. The summed E-state index contributed by atoms with van der Waals surface area (Å²) < 4.78 is 54.4. The highest BCUT2D eigenvalue weighted by Gasteiger charge is 2.40. The van der Waals surface area contributed by atoms with Crippen LogP contribution in [0.3, 0.4) is 0 Å². The highest BCUT2D eigenvalue weighted by molar-refractivity contribution is 5.89. The van der Waals surface area contributed by atoms with Gasteiger partial charge in [-0.2, -0.15) is 13.2 Å². The van der Waals surface area contributed by atoms with E-state index in [-0.39, 0.29) is 55.9 Å². The van der Waals surface area contributed by atoms with E-state index in [2.05, 4.69) is 10.3 Å². The first-order chi connectivity index (χ1) is 15.4. The quantitative estimate of drug-likeness (QED) is 0.576. The van der Waals surface area contributed by atoms with Gasteiger partial charge in [-0.25, -0.2) is 9.18 Å².